The number of fused-ring (bicyclic) bond motifs is 5. The van der Waals surface area contributed by atoms with Gasteiger partial charge in [-0.05, 0) is 84.7 Å². The molecule has 2 aromatic rings. The Morgan fingerprint density at radius 3 is 2.18 bits per heavy atom. The third-order valence-electron chi connectivity index (χ3n) is 11.3. The van der Waals surface area contributed by atoms with Gasteiger partial charge in [-0.15, -0.1) is 0 Å². The van der Waals surface area contributed by atoms with Gasteiger partial charge < -0.3 is 14.4 Å². The van der Waals surface area contributed by atoms with Crippen molar-refractivity contribution in [1.29, 1.82) is 0 Å². The minimum Gasteiger partial charge on any atom is -0.451 e. The van der Waals surface area contributed by atoms with Crippen LogP contribution in [0.3, 0.4) is 0 Å². The Morgan fingerprint density at radius 2 is 1.51 bits per heavy atom. The van der Waals surface area contributed by atoms with Crippen LogP contribution in [0.2, 0.25) is 0 Å². The number of carbonyl (C=O) groups excluding carboxylic acids is 2. The van der Waals surface area contributed by atoms with Crippen molar-refractivity contribution in [2.75, 3.05) is 13.7 Å². The number of carbonyl (C=O) groups is 2. The first-order valence-electron chi connectivity index (χ1n) is 15.0. The normalized spacial score (nSPS) is 35.7. The van der Waals surface area contributed by atoms with Crippen LogP contribution in [-0.2, 0) is 19.1 Å². The van der Waals surface area contributed by atoms with Gasteiger partial charge in [0.05, 0.1) is 6.10 Å². The Bertz CT molecular complexity index is 1140. The molecular weight excluding hydrogens is 486 g/mol. The highest BCUT2D eigenvalue weighted by molar-refractivity contribution is 5.77. The summed E-state index contributed by atoms with van der Waals surface area (Å²) in [6, 6.07) is 20.2. The molecule has 7 atom stereocenters. The first-order chi connectivity index (χ1) is 18.8. The van der Waals surface area contributed by atoms with Gasteiger partial charge in [0.2, 0.25) is 5.91 Å². The van der Waals surface area contributed by atoms with Crippen molar-refractivity contribution in [2.45, 2.75) is 83.5 Å². The lowest BCUT2D eigenvalue weighted by Gasteiger charge is -2.61. The Balaban J connectivity index is 1.12. The standard InChI is InChI=1S/C34H43NO4/c1-33-21-19-30(36)35(3)28(33)16-14-25-26-15-17-29(34(26,2)20-18-27(25)33)38-22-31(37)39-32(23-10-6-4-7-11-23)24-12-8-5-9-13-24/h4-13,25-29,32H,14-22H2,1-3H3/t25-,26-,27-,28+,29-,33+,34-/m0/s1. The average Bonchev–Trinajstić information content (AvgIpc) is 3.30. The zero-order chi connectivity index (χ0) is 27.2. The van der Waals surface area contributed by atoms with E-state index in [1.807, 2.05) is 67.7 Å². The summed E-state index contributed by atoms with van der Waals surface area (Å²) in [6.45, 7) is 4.87. The van der Waals surface area contributed by atoms with Crippen LogP contribution >= 0.6 is 0 Å². The largest absolute Gasteiger partial charge is 0.451 e. The lowest BCUT2D eigenvalue weighted by atomic mass is 9.47. The quantitative estimate of drug-likeness (QED) is 0.397. The van der Waals surface area contributed by atoms with Crippen LogP contribution in [0, 0.1) is 28.6 Å². The fourth-order valence-electron chi connectivity index (χ4n) is 9.29. The molecule has 6 rings (SSSR count). The summed E-state index contributed by atoms with van der Waals surface area (Å²) in [4.78, 5) is 27.6. The van der Waals surface area contributed by atoms with Gasteiger partial charge in [-0.2, -0.15) is 0 Å². The van der Waals surface area contributed by atoms with Crippen LogP contribution in [0.15, 0.2) is 60.7 Å². The van der Waals surface area contributed by atoms with Gasteiger partial charge in [0.1, 0.15) is 6.61 Å². The Labute approximate surface area is 233 Å². The predicted molar refractivity (Wildman–Crippen MR) is 151 cm³/mol. The molecule has 4 fully saturated rings. The number of hydrogen-bond donors (Lipinski definition) is 0. The van der Waals surface area contributed by atoms with E-state index in [4.69, 9.17) is 9.47 Å². The molecule has 1 saturated heterocycles. The molecule has 0 aromatic heterocycles. The van der Waals surface area contributed by atoms with E-state index in [9.17, 15) is 9.59 Å². The number of ether oxygens (including phenoxy) is 2. The van der Waals surface area contributed by atoms with Gasteiger partial charge in [0.15, 0.2) is 6.10 Å². The lowest BCUT2D eigenvalue weighted by Crippen LogP contribution is -2.61. The lowest BCUT2D eigenvalue weighted by molar-refractivity contribution is -0.168. The van der Waals surface area contributed by atoms with E-state index in [1.54, 1.807) is 0 Å². The number of nitrogens with zero attached hydrogens (tertiary/aromatic N) is 1. The van der Waals surface area contributed by atoms with Gasteiger partial charge >= 0.3 is 5.97 Å². The number of likely N-dealkylation sites (tertiary alicyclic amines) is 1. The minimum absolute atomic E-state index is 0.00999. The van der Waals surface area contributed by atoms with E-state index in [-0.39, 0.29) is 29.5 Å². The minimum atomic E-state index is -0.442. The van der Waals surface area contributed by atoms with Crippen molar-refractivity contribution in [1.82, 2.24) is 4.90 Å². The summed E-state index contributed by atoms with van der Waals surface area (Å²) in [5, 5.41) is 0. The fourth-order valence-corrected chi connectivity index (χ4v) is 9.29. The average molecular weight is 530 g/mol. The molecule has 3 saturated carbocycles. The Morgan fingerprint density at radius 1 is 0.872 bits per heavy atom. The topological polar surface area (TPSA) is 55.8 Å². The molecule has 1 aliphatic heterocycles. The van der Waals surface area contributed by atoms with Gasteiger partial charge in [0.25, 0.3) is 0 Å². The highest BCUT2D eigenvalue weighted by atomic mass is 16.6. The SMILES string of the molecule is CN1C(=O)CC[C@]2(C)[C@H]3CC[C@]4(C)[C@@H](OCC(=O)OC(c5ccccc5)c5ccccc5)CC[C@H]4[C@@H]3CC[C@@H]12. The molecule has 39 heavy (non-hydrogen) atoms. The molecule has 208 valence electrons. The van der Waals surface area contributed by atoms with Gasteiger partial charge in [-0.3, -0.25) is 4.79 Å². The van der Waals surface area contributed by atoms with Crippen LogP contribution in [0.4, 0.5) is 0 Å². The maximum atomic E-state index is 13.1. The number of rotatable bonds is 6. The molecule has 1 heterocycles. The molecule has 0 bridgehead atoms. The number of benzene rings is 2. The van der Waals surface area contributed by atoms with Gasteiger partial charge in [-0.25, -0.2) is 4.79 Å². The zero-order valence-electron chi connectivity index (χ0n) is 23.7. The molecule has 1 amide bonds. The fraction of sp³-hybridized carbons (Fsp3) is 0.588. The highest BCUT2D eigenvalue weighted by Gasteiger charge is 2.61. The second-order valence-corrected chi connectivity index (χ2v) is 13.1. The second kappa shape index (κ2) is 10.4. The predicted octanol–water partition coefficient (Wildman–Crippen LogP) is 6.57. The molecule has 4 aliphatic rings. The van der Waals surface area contributed by atoms with Crippen molar-refractivity contribution < 1.29 is 19.1 Å². The van der Waals surface area contributed by atoms with E-state index in [0.29, 0.717) is 36.1 Å². The third-order valence-corrected chi connectivity index (χ3v) is 11.3. The molecule has 0 spiro atoms. The molecule has 2 aromatic carbocycles. The number of piperidine rings is 1. The van der Waals surface area contributed by atoms with Crippen molar-refractivity contribution in [2.24, 2.45) is 28.6 Å². The Kier molecular flexibility index (Phi) is 7.07. The van der Waals surface area contributed by atoms with E-state index < -0.39 is 6.10 Å². The van der Waals surface area contributed by atoms with Gasteiger partial charge in [-0.1, -0.05) is 74.5 Å². The van der Waals surface area contributed by atoms with Crippen LogP contribution in [0.1, 0.15) is 82.4 Å². The van der Waals surface area contributed by atoms with E-state index >= 15 is 0 Å². The second-order valence-electron chi connectivity index (χ2n) is 13.1. The highest BCUT2D eigenvalue weighted by Crippen LogP contribution is 2.65. The Hall–Kier alpha value is -2.66. The monoisotopic (exact) mass is 529 g/mol. The van der Waals surface area contributed by atoms with Crippen molar-refractivity contribution in [3.8, 4) is 0 Å². The molecule has 0 unspecified atom stereocenters. The van der Waals surface area contributed by atoms with Gasteiger partial charge in [0, 0.05) is 19.5 Å². The summed E-state index contributed by atoms with van der Waals surface area (Å²) >= 11 is 0. The maximum absolute atomic E-state index is 13.1. The van der Waals surface area contributed by atoms with Crippen molar-refractivity contribution in [3.63, 3.8) is 0 Å². The first-order valence-corrected chi connectivity index (χ1v) is 15.0. The van der Waals surface area contributed by atoms with E-state index in [0.717, 1.165) is 36.8 Å². The summed E-state index contributed by atoms with van der Waals surface area (Å²) < 4.78 is 12.5. The smallest absolute Gasteiger partial charge is 0.333 e. The molecule has 3 aliphatic carbocycles. The van der Waals surface area contributed by atoms with Crippen molar-refractivity contribution in [3.05, 3.63) is 71.8 Å². The summed E-state index contributed by atoms with van der Waals surface area (Å²) in [6.07, 6.45) is 8.19. The maximum Gasteiger partial charge on any atom is 0.333 e. The number of amides is 1. The molecule has 0 radical (unpaired) electrons. The molecule has 0 N–H and O–H groups in total. The molecule has 5 nitrogen and oxygen atoms in total. The first kappa shape index (κ1) is 26.6. The van der Waals surface area contributed by atoms with Crippen LogP contribution < -0.4 is 0 Å². The summed E-state index contributed by atoms with van der Waals surface area (Å²) in [5.41, 5.74) is 2.24. The zero-order valence-corrected chi connectivity index (χ0v) is 23.7. The molecular formula is C34H43NO4. The van der Waals surface area contributed by atoms with Crippen LogP contribution in [0.5, 0.6) is 0 Å². The third kappa shape index (κ3) is 4.61. The van der Waals surface area contributed by atoms with Crippen LogP contribution in [-0.4, -0.2) is 42.6 Å². The summed E-state index contributed by atoms with van der Waals surface area (Å²) in [5.74, 6) is 1.99. The van der Waals surface area contributed by atoms with E-state index in [1.165, 1.54) is 19.3 Å². The van der Waals surface area contributed by atoms with Crippen molar-refractivity contribution >= 4 is 11.9 Å². The molecule has 5 heteroatoms. The summed E-state index contributed by atoms with van der Waals surface area (Å²) in [7, 11) is 2.02. The van der Waals surface area contributed by atoms with E-state index in [2.05, 4.69) is 18.7 Å². The number of hydrogen-bond acceptors (Lipinski definition) is 4. The van der Waals surface area contributed by atoms with Crippen LogP contribution in [0.25, 0.3) is 0 Å². The number of esters is 1.